The number of para-hydroxylation sites is 1. The van der Waals surface area contributed by atoms with Gasteiger partial charge in [-0.1, -0.05) is 18.2 Å². The van der Waals surface area contributed by atoms with E-state index in [0.717, 1.165) is 39.0 Å². The second kappa shape index (κ2) is 11.8. The first-order valence-corrected chi connectivity index (χ1v) is 15.5. The fourth-order valence-corrected chi connectivity index (χ4v) is 6.44. The molecule has 4 heterocycles. The van der Waals surface area contributed by atoms with E-state index >= 15 is 0 Å². The van der Waals surface area contributed by atoms with Gasteiger partial charge >= 0.3 is 6.09 Å². The van der Waals surface area contributed by atoms with Crippen LogP contribution in [0.2, 0.25) is 0 Å². The van der Waals surface area contributed by atoms with Crippen LogP contribution >= 0.6 is 11.3 Å². The van der Waals surface area contributed by atoms with Gasteiger partial charge in [-0.15, -0.1) is 11.3 Å². The summed E-state index contributed by atoms with van der Waals surface area (Å²) in [6, 6.07) is 19.7. The van der Waals surface area contributed by atoms with Gasteiger partial charge in [0.25, 0.3) is 0 Å². The highest BCUT2D eigenvalue weighted by Gasteiger charge is 2.30. The van der Waals surface area contributed by atoms with E-state index in [9.17, 15) is 9.59 Å². The van der Waals surface area contributed by atoms with Gasteiger partial charge in [-0.05, 0) is 75.0 Å². The number of thiophene rings is 1. The number of carbonyl (C=O) groups is 2. The lowest BCUT2D eigenvalue weighted by molar-refractivity contribution is 0.0284. The minimum atomic E-state index is -0.493. The number of carbonyl (C=O) groups excluding carboxylic acids is 2. The van der Waals surface area contributed by atoms with Crippen LogP contribution in [0.4, 0.5) is 4.79 Å². The molecule has 0 radical (unpaired) electrons. The molecule has 2 aromatic carbocycles. The normalized spacial score (nSPS) is 15.3. The Bertz CT molecular complexity index is 1760. The molecule has 224 valence electrons. The van der Waals surface area contributed by atoms with Crippen LogP contribution in [0.3, 0.4) is 0 Å². The molecule has 5 aromatic rings. The number of aromatic nitrogens is 2. The number of aryl methyl sites for hydroxylation is 1. The highest BCUT2D eigenvalue weighted by atomic mass is 32.1. The molecule has 1 amide bonds. The molecule has 1 saturated heterocycles. The van der Waals surface area contributed by atoms with Gasteiger partial charge in [0.1, 0.15) is 23.7 Å². The standard InChI is InChI=1S/C34H37N3O5S/c1-34(2,3)42-33(39)37-15-13-23(20-37)22-41-25-11-9-24(10-12-25)40-17-16-36-21-27(26-7-5-6-8-28(26)36)32(38)30-19-31-29(35(30)4)14-18-43-31/h5-12,14,18-19,21,23H,13,15-17,20,22H2,1-4H3. The first kappa shape index (κ1) is 28.9. The van der Waals surface area contributed by atoms with Crippen LogP contribution in [0.25, 0.3) is 21.1 Å². The van der Waals surface area contributed by atoms with Crippen LogP contribution in [0.15, 0.2) is 72.2 Å². The molecule has 0 N–H and O–H groups in total. The van der Waals surface area contributed by atoms with E-state index in [2.05, 4.69) is 4.57 Å². The summed E-state index contributed by atoms with van der Waals surface area (Å²) in [5, 5.41) is 2.99. The summed E-state index contributed by atoms with van der Waals surface area (Å²) in [4.78, 5) is 27.7. The number of ether oxygens (including phenoxy) is 3. The van der Waals surface area contributed by atoms with Crippen LogP contribution < -0.4 is 9.47 Å². The third kappa shape index (κ3) is 6.27. The molecule has 9 heteroatoms. The van der Waals surface area contributed by atoms with Crippen LogP contribution in [0, 0.1) is 5.92 Å². The number of likely N-dealkylation sites (tertiary alicyclic amines) is 1. The zero-order valence-electron chi connectivity index (χ0n) is 25.0. The molecule has 6 rings (SSSR count). The second-order valence-electron chi connectivity index (χ2n) is 12.1. The Kier molecular flexibility index (Phi) is 7.92. The summed E-state index contributed by atoms with van der Waals surface area (Å²) in [7, 11) is 1.94. The minimum absolute atomic E-state index is 0.0208. The molecule has 1 aliphatic rings. The van der Waals surface area contributed by atoms with Crippen molar-refractivity contribution in [2.24, 2.45) is 13.0 Å². The van der Waals surface area contributed by atoms with E-state index < -0.39 is 5.60 Å². The van der Waals surface area contributed by atoms with Crippen molar-refractivity contribution in [2.45, 2.75) is 39.3 Å². The average Bonchev–Trinajstić information content (AvgIpc) is 3.77. The lowest BCUT2D eigenvalue weighted by atomic mass is 10.1. The average molecular weight is 600 g/mol. The molecule has 0 spiro atoms. The molecule has 1 atom stereocenters. The molecule has 3 aromatic heterocycles. The van der Waals surface area contributed by atoms with E-state index in [0.29, 0.717) is 44.1 Å². The van der Waals surface area contributed by atoms with Crippen molar-refractivity contribution in [3.05, 3.63) is 83.5 Å². The van der Waals surface area contributed by atoms with Crippen molar-refractivity contribution in [1.29, 1.82) is 0 Å². The number of ketones is 1. The monoisotopic (exact) mass is 599 g/mol. The first-order chi connectivity index (χ1) is 20.7. The van der Waals surface area contributed by atoms with Crippen molar-refractivity contribution in [3.63, 3.8) is 0 Å². The van der Waals surface area contributed by atoms with E-state index in [-0.39, 0.29) is 17.8 Å². The molecule has 8 nitrogen and oxygen atoms in total. The Morgan fingerprint density at radius 3 is 2.47 bits per heavy atom. The van der Waals surface area contributed by atoms with E-state index in [1.54, 1.807) is 16.2 Å². The van der Waals surface area contributed by atoms with Crippen molar-refractivity contribution < 1.29 is 23.8 Å². The molecule has 1 aliphatic heterocycles. The molecule has 43 heavy (non-hydrogen) atoms. The van der Waals surface area contributed by atoms with Crippen molar-refractivity contribution in [1.82, 2.24) is 14.0 Å². The zero-order chi connectivity index (χ0) is 30.1. The Morgan fingerprint density at radius 2 is 1.72 bits per heavy atom. The highest BCUT2D eigenvalue weighted by molar-refractivity contribution is 7.17. The lowest BCUT2D eigenvalue weighted by Crippen LogP contribution is -2.35. The Hall–Kier alpha value is -4.24. The Morgan fingerprint density at radius 1 is 0.977 bits per heavy atom. The third-order valence-corrected chi connectivity index (χ3v) is 8.63. The summed E-state index contributed by atoms with van der Waals surface area (Å²) in [6.45, 7) is 8.56. The van der Waals surface area contributed by atoms with Crippen LogP contribution in [0.5, 0.6) is 11.5 Å². The fraction of sp³-hybridized carbons (Fsp3) is 0.353. The van der Waals surface area contributed by atoms with Crippen molar-refractivity contribution in [2.75, 3.05) is 26.3 Å². The summed E-state index contributed by atoms with van der Waals surface area (Å²) in [5.41, 5.74) is 2.97. The summed E-state index contributed by atoms with van der Waals surface area (Å²) < 4.78 is 22.7. The molecular weight excluding hydrogens is 562 g/mol. The lowest BCUT2D eigenvalue weighted by Gasteiger charge is -2.24. The number of benzene rings is 2. The predicted molar refractivity (Wildman–Crippen MR) is 170 cm³/mol. The maximum atomic E-state index is 13.6. The van der Waals surface area contributed by atoms with Gasteiger partial charge < -0.3 is 28.2 Å². The molecule has 0 bridgehead atoms. The molecule has 1 unspecified atom stereocenters. The van der Waals surface area contributed by atoms with Gasteiger partial charge in [0.15, 0.2) is 0 Å². The van der Waals surface area contributed by atoms with Gasteiger partial charge in [-0.3, -0.25) is 4.79 Å². The Balaban J connectivity index is 1.03. The highest BCUT2D eigenvalue weighted by Crippen LogP contribution is 2.29. The first-order valence-electron chi connectivity index (χ1n) is 14.7. The molecule has 1 fully saturated rings. The van der Waals surface area contributed by atoms with Gasteiger partial charge in [-0.25, -0.2) is 4.79 Å². The number of nitrogens with zero attached hydrogens (tertiary/aromatic N) is 3. The van der Waals surface area contributed by atoms with Crippen molar-refractivity contribution in [3.8, 4) is 11.5 Å². The van der Waals surface area contributed by atoms with Crippen LogP contribution in [-0.2, 0) is 18.3 Å². The van der Waals surface area contributed by atoms with Crippen molar-refractivity contribution >= 4 is 44.3 Å². The number of amides is 1. The largest absolute Gasteiger partial charge is 0.493 e. The quantitative estimate of drug-likeness (QED) is 0.168. The van der Waals surface area contributed by atoms with Gasteiger partial charge in [0, 0.05) is 48.7 Å². The second-order valence-corrected chi connectivity index (χ2v) is 13.0. The third-order valence-electron chi connectivity index (χ3n) is 7.78. The van der Waals surface area contributed by atoms with Gasteiger partial charge in [0.2, 0.25) is 5.78 Å². The smallest absolute Gasteiger partial charge is 0.410 e. The van der Waals surface area contributed by atoms with Crippen LogP contribution in [-0.4, -0.2) is 57.8 Å². The maximum absolute atomic E-state index is 13.6. The number of fused-ring (bicyclic) bond motifs is 2. The van der Waals surface area contributed by atoms with Gasteiger partial charge in [-0.2, -0.15) is 0 Å². The number of hydrogen-bond acceptors (Lipinski definition) is 6. The number of rotatable bonds is 9. The van der Waals surface area contributed by atoms with Crippen LogP contribution in [0.1, 0.15) is 43.2 Å². The summed E-state index contributed by atoms with van der Waals surface area (Å²) in [6.07, 6.45) is 2.58. The summed E-state index contributed by atoms with van der Waals surface area (Å²) >= 11 is 1.64. The Labute approximate surface area is 255 Å². The fourth-order valence-electron chi connectivity index (χ4n) is 5.59. The van der Waals surface area contributed by atoms with E-state index in [1.807, 2.05) is 105 Å². The van der Waals surface area contributed by atoms with E-state index in [4.69, 9.17) is 14.2 Å². The summed E-state index contributed by atoms with van der Waals surface area (Å²) in [5.74, 6) is 1.81. The molecular formula is C34H37N3O5S. The van der Waals surface area contributed by atoms with Gasteiger partial charge in [0.05, 0.1) is 29.1 Å². The predicted octanol–water partition coefficient (Wildman–Crippen LogP) is 7.14. The SMILES string of the molecule is Cn1c(C(=O)c2cn(CCOc3ccc(OCC4CCN(C(=O)OC(C)(C)C)C4)cc3)c3ccccc23)cc2sccc21. The minimum Gasteiger partial charge on any atom is -0.493 e. The number of hydrogen-bond donors (Lipinski definition) is 0. The van der Waals surface area contributed by atoms with E-state index in [1.165, 1.54) is 0 Å². The maximum Gasteiger partial charge on any atom is 0.410 e. The zero-order valence-corrected chi connectivity index (χ0v) is 25.9. The molecule has 0 saturated carbocycles. The molecule has 0 aliphatic carbocycles. The topological polar surface area (TPSA) is 74.9 Å².